The van der Waals surface area contributed by atoms with Crippen LogP contribution in [0, 0.1) is 6.92 Å². The number of hydrogen-bond acceptors (Lipinski definition) is 6. The minimum absolute atomic E-state index is 0.101. The molecule has 7 nitrogen and oxygen atoms in total. The second-order valence-electron chi connectivity index (χ2n) is 8.79. The number of nitrogens with zero attached hydrogens (tertiary/aromatic N) is 1. The molecule has 0 radical (unpaired) electrons. The van der Waals surface area contributed by atoms with Crippen molar-refractivity contribution in [3.8, 4) is 17.2 Å². The van der Waals surface area contributed by atoms with Crippen molar-refractivity contribution in [1.29, 1.82) is 0 Å². The summed E-state index contributed by atoms with van der Waals surface area (Å²) in [5.74, 6) is 1.76. The van der Waals surface area contributed by atoms with Gasteiger partial charge in [-0.3, -0.25) is 9.59 Å². The van der Waals surface area contributed by atoms with Crippen molar-refractivity contribution < 1.29 is 23.4 Å². The maximum absolute atomic E-state index is 13.7. The molecule has 0 bridgehead atoms. The highest BCUT2D eigenvalue weighted by molar-refractivity contribution is 5.99. The lowest BCUT2D eigenvalue weighted by Gasteiger charge is -2.25. The fourth-order valence-electron chi connectivity index (χ4n) is 4.78. The molecule has 7 heteroatoms. The van der Waals surface area contributed by atoms with E-state index in [9.17, 15) is 9.59 Å². The number of fused-ring (bicyclic) bond motifs is 2. The molecular formula is C29H27NO6. The summed E-state index contributed by atoms with van der Waals surface area (Å²) in [6, 6.07) is 18.0. The lowest BCUT2D eigenvalue weighted by molar-refractivity contribution is 0.0730. The molecule has 1 aliphatic rings. The number of rotatable bonds is 7. The molecule has 0 unspecified atom stereocenters. The van der Waals surface area contributed by atoms with Gasteiger partial charge in [-0.05, 0) is 60.9 Å². The standard InChI is InChI=1S/C29H27NO6/c1-17-5-11-22-21(15-17)27(31)25-26(19-7-9-20(33-2)10-8-19)30(29(32)28(25)36-22)14-13-18-6-12-23(34-3)24(16-18)35-4/h5-12,15-16,26H,13-14H2,1-4H3/t26-/m0/s1. The Bertz CT molecular complexity index is 1510. The summed E-state index contributed by atoms with van der Waals surface area (Å²) in [6.07, 6.45) is 0.555. The quantitative estimate of drug-likeness (QED) is 0.370. The van der Waals surface area contributed by atoms with Crippen LogP contribution in [-0.4, -0.2) is 38.7 Å². The molecule has 0 N–H and O–H groups in total. The molecule has 1 atom stereocenters. The minimum atomic E-state index is -0.570. The number of carbonyl (C=O) groups is 1. The number of hydrogen-bond donors (Lipinski definition) is 0. The van der Waals surface area contributed by atoms with E-state index in [4.69, 9.17) is 18.6 Å². The molecule has 1 amide bonds. The van der Waals surface area contributed by atoms with Crippen molar-refractivity contribution in [2.75, 3.05) is 27.9 Å². The summed E-state index contributed by atoms with van der Waals surface area (Å²) in [5, 5.41) is 0.474. The lowest BCUT2D eigenvalue weighted by Crippen LogP contribution is -2.31. The minimum Gasteiger partial charge on any atom is -0.497 e. The summed E-state index contributed by atoms with van der Waals surface area (Å²) in [7, 11) is 4.78. The van der Waals surface area contributed by atoms with Crippen LogP contribution >= 0.6 is 0 Å². The molecule has 5 rings (SSSR count). The molecule has 0 saturated carbocycles. The van der Waals surface area contributed by atoms with Gasteiger partial charge in [0.1, 0.15) is 11.3 Å². The van der Waals surface area contributed by atoms with Gasteiger partial charge in [0.05, 0.1) is 38.3 Å². The zero-order chi connectivity index (χ0) is 25.4. The molecule has 36 heavy (non-hydrogen) atoms. The number of benzene rings is 3. The van der Waals surface area contributed by atoms with Gasteiger partial charge in [-0.2, -0.15) is 0 Å². The van der Waals surface area contributed by atoms with E-state index >= 15 is 0 Å². The lowest BCUT2D eigenvalue weighted by atomic mass is 9.98. The first-order valence-electron chi connectivity index (χ1n) is 11.7. The Hall–Kier alpha value is -4.26. The first-order chi connectivity index (χ1) is 17.4. The van der Waals surface area contributed by atoms with Crippen LogP contribution in [-0.2, 0) is 6.42 Å². The molecule has 0 saturated heterocycles. The SMILES string of the molecule is COc1ccc([C@H]2c3c(oc4ccc(C)cc4c3=O)C(=O)N2CCc2ccc(OC)c(OC)c2)cc1. The molecule has 3 aromatic carbocycles. The highest BCUT2D eigenvalue weighted by atomic mass is 16.5. The first kappa shape index (κ1) is 23.5. The van der Waals surface area contributed by atoms with Crippen molar-refractivity contribution in [3.05, 3.63) is 98.9 Å². The predicted molar refractivity (Wildman–Crippen MR) is 136 cm³/mol. The van der Waals surface area contributed by atoms with Crippen molar-refractivity contribution in [1.82, 2.24) is 4.90 Å². The monoisotopic (exact) mass is 485 g/mol. The topological polar surface area (TPSA) is 78.2 Å². The van der Waals surface area contributed by atoms with Crippen LogP contribution in [0.4, 0.5) is 0 Å². The van der Waals surface area contributed by atoms with E-state index in [0.717, 1.165) is 16.7 Å². The van der Waals surface area contributed by atoms with Crippen LogP contribution in [0.2, 0.25) is 0 Å². The first-order valence-corrected chi connectivity index (χ1v) is 11.7. The van der Waals surface area contributed by atoms with Crippen LogP contribution in [0.15, 0.2) is 69.9 Å². The van der Waals surface area contributed by atoms with E-state index in [2.05, 4.69) is 0 Å². The third-order valence-corrected chi connectivity index (χ3v) is 6.64. The Balaban J connectivity index is 1.58. The van der Waals surface area contributed by atoms with Gasteiger partial charge in [0.15, 0.2) is 16.9 Å². The third kappa shape index (κ3) is 3.96. The van der Waals surface area contributed by atoms with Gasteiger partial charge >= 0.3 is 0 Å². The second-order valence-corrected chi connectivity index (χ2v) is 8.79. The molecule has 1 aromatic heterocycles. The van der Waals surface area contributed by atoms with E-state index in [1.807, 2.05) is 61.5 Å². The molecule has 4 aromatic rings. The number of methoxy groups -OCH3 is 3. The van der Waals surface area contributed by atoms with Crippen molar-refractivity contribution in [2.24, 2.45) is 0 Å². The largest absolute Gasteiger partial charge is 0.497 e. The number of carbonyl (C=O) groups excluding carboxylic acids is 1. The maximum Gasteiger partial charge on any atom is 0.290 e. The average molecular weight is 486 g/mol. The molecule has 0 spiro atoms. The third-order valence-electron chi connectivity index (χ3n) is 6.64. The fourth-order valence-corrected chi connectivity index (χ4v) is 4.78. The summed E-state index contributed by atoms with van der Waals surface area (Å²) < 4.78 is 22.1. The van der Waals surface area contributed by atoms with Gasteiger partial charge in [0, 0.05) is 6.54 Å². The van der Waals surface area contributed by atoms with Crippen molar-refractivity contribution in [3.63, 3.8) is 0 Å². The Labute approximate surface area is 208 Å². The van der Waals surface area contributed by atoms with E-state index in [1.54, 1.807) is 32.3 Å². The predicted octanol–water partition coefficient (Wildman–Crippen LogP) is 4.92. The number of ether oxygens (including phenoxy) is 3. The van der Waals surface area contributed by atoms with Gasteiger partial charge in [0.25, 0.3) is 5.91 Å². The Kier molecular flexibility index (Phi) is 6.14. The van der Waals surface area contributed by atoms with Gasteiger partial charge in [-0.15, -0.1) is 0 Å². The van der Waals surface area contributed by atoms with Crippen LogP contribution in [0.3, 0.4) is 0 Å². The Morgan fingerprint density at radius 2 is 1.61 bits per heavy atom. The smallest absolute Gasteiger partial charge is 0.290 e. The average Bonchev–Trinajstić information content (AvgIpc) is 3.19. The molecule has 184 valence electrons. The highest BCUT2D eigenvalue weighted by Gasteiger charge is 2.42. The second kappa shape index (κ2) is 9.41. The van der Waals surface area contributed by atoms with E-state index in [0.29, 0.717) is 46.7 Å². The fraction of sp³-hybridized carbons (Fsp3) is 0.241. The van der Waals surface area contributed by atoms with Gasteiger partial charge in [0.2, 0.25) is 5.76 Å². The highest BCUT2D eigenvalue weighted by Crippen LogP contribution is 2.39. The molecule has 0 aliphatic carbocycles. The van der Waals surface area contributed by atoms with E-state index in [1.165, 1.54) is 0 Å². The maximum atomic E-state index is 13.7. The zero-order valence-electron chi connectivity index (χ0n) is 20.7. The van der Waals surface area contributed by atoms with E-state index in [-0.39, 0.29) is 17.1 Å². The zero-order valence-corrected chi connectivity index (χ0v) is 20.7. The molecule has 2 heterocycles. The summed E-state index contributed by atoms with van der Waals surface area (Å²) in [4.78, 5) is 29.0. The van der Waals surface area contributed by atoms with Gasteiger partial charge in [-0.25, -0.2) is 0 Å². The molecule has 0 fully saturated rings. The van der Waals surface area contributed by atoms with Crippen molar-refractivity contribution in [2.45, 2.75) is 19.4 Å². The van der Waals surface area contributed by atoms with Crippen LogP contribution in [0.5, 0.6) is 17.2 Å². The molecule has 1 aliphatic heterocycles. The number of amides is 1. The molecular weight excluding hydrogens is 458 g/mol. The van der Waals surface area contributed by atoms with Crippen molar-refractivity contribution >= 4 is 16.9 Å². The van der Waals surface area contributed by atoms with Gasteiger partial charge in [-0.1, -0.05) is 29.8 Å². The van der Waals surface area contributed by atoms with Crippen LogP contribution in [0.25, 0.3) is 11.0 Å². The summed E-state index contributed by atoms with van der Waals surface area (Å²) in [5.41, 5.74) is 3.34. The number of aryl methyl sites for hydroxylation is 1. The van der Waals surface area contributed by atoms with E-state index < -0.39 is 6.04 Å². The van der Waals surface area contributed by atoms with Crippen LogP contribution in [0.1, 0.15) is 38.9 Å². The van der Waals surface area contributed by atoms with Gasteiger partial charge < -0.3 is 23.5 Å². The summed E-state index contributed by atoms with van der Waals surface area (Å²) in [6.45, 7) is 2.30. The Morgan fingerprint density at radius 3 is 2.31 bits per heavy atom. The van der Waals surface area contributed by atoms with Crippen LogP contribution < -0.4 is 19.6 Å². The Morgan fingerprint density at radius 1 is 0.861 bits per heavy atom. The summed E-state index contributed by atoms with van der Waals surface area (Å²) >= 11 is 0. The normalized spacial score (nSPS) is 14.7.